The van der Waals surface area contributed by atoms with E-state index in [4.69, 9.17) is 0 Å². The Morgan fingerprint density at radius 3 is 2.67 bits per heavy atom. The van der Waals surface area contributed by atoms with E-state index in [-0.39, 0.29) is 23.3 Å². The Bertz CT molecular complexity index is 486. The van der Waals surface area contributed by atoms with Crippen LogP contribution in [0.5, 0.6) is 0 Å². The van der Waals surface area contributed by atoms with Gasteiger partial charge >= 0.3 is 5.97 Å². The van der Waals surface area contributed by atoms with E-state index in [0.717, 1.165) is 12.8 Å². The Kier molecular flexibility index (Phi) is 3.81. The zero-order valence-corrected chi connectivity index (χ0v) is 10.3. The summed E-state index contributed by atoms with van der Waals surface area (Å²) in [5.74, 6) is -0.606. The summed E-state index contributed by atoms with van der Waals surface area (Å²) in [6.07, 6.45) is 4.33. The molecule has 0 saturated heterocycles. The molecule has 5 heteroatoms. The fourth-order valence-corrected chi connectivity index (χ4v) is 2.40. The molecule has 0 aromatic carbocycles. The first-order chi connectivity index (χ1) is 8.63. The minimum absolute atomic E-state index is 0.0607. The largest absolute Gasteiger partial charge is 0.465 e. The van der Waals surface area contributed by atoms with Crippen molar-refractivity contribution < 1.29 is 14.6 Å². The smallest absolute Gasteiger partial charge is 0.343 e. The number of aliphatic hydroxyl groups is 1. The van der Waals surface area contributed by atoms with Crippen LogP contribution < -0.4 is 5.56 Å². The highest BCUT2D eigenvalue weighted by atomic mass is 16.5. The van der Waals surface area contributed by atoms with Gasteiger partial charge in [-0.25, -0.2) is 4.79 Å². The van der Waals surface area contributed by atoms with E-state index >= 15 is 0 Å². The van der Waals surface area contributed by atoms with Crippen LogP contribution in [0.1, 0.15) is 42.1 Å². The number of aromatic nitrogens is 1. The molecule has 18 heavy (non-hydrogen) atoms. The van der Waals surface area contributed by atoms with Crippen LogP contribution in [-0.2, 0) is 4.74 Å². The van der Waals surface area contributed by atoms with Crippen LogP contribution >= 0.6 is 0 Å². The van der Waals surface area contributed by atoms with Crippen molar-refractivity contribution in [3.63, 3.8) is 0 Å². The van der Waals surface area contributed by atoms with Crippen LogP contribution in [0.4, 0.5) is 0 Å². The molecule has 1 aliphatic carbocycles. The molecular formula is C13H17NO4. The molecule has 1 fully saturated rings. The summed E-state index contributed by atoms with van der Waals surface area (Å²) in [5, 5.41) is 9.46. The molecule has 0 amide bonds. The lowest BCUT2D eigenvalue weighted by atomic mass is 9.93. The van der Waals surface area contributed by atoms with E-state index in [0.29, 0.717) is 12.8 Å². The van der Waals surface area contributed by atoms with E-state index in [2.05, 4.69) is 4.74 Å². The molecule has 0 aliphatic heterocycles. The maximum Gasteiger partial charge on any atom is 0.343 e. The van der Waals surface area contributed by atoms with Crippen LogP contribution in [0.15, 0.2) is 23.1 Å². The lowest BCUT2D eigenvalue weighted by Gasteiger charge is -2.27. The molecule has 2 rings (SSSR count). The zero-order valence-electron chi connectivity index (χ0n) is 10.3. The molecule has 1 N–H and O–H groups in total. The Hall–Kier alpha value is -1.62. The van der Waals surface area contributed by atoms with Crippen LogP contribution in [-0.4, -0.2) is 28.9 Å². The molecule has 0 radical (unpaired) electrons. The fourth-order valence-electron chi connectivity index (χ4n) is 2.40. The van der Waals surface area contributed by atoms with E-state index in [1.807, 2.05) is 0 Å². The van der Waals surface area contributed by atoms with Crippen LogP contribution in [0, 0.1) is 0 Å². The maximum atomic E-state index is 12.1. The standard InChI is InChI=1S/C13H17NO4/c1-18-13(17)11-3-2-8-14(12(11)16)9-4-6-10(15)7-5-9/h2-3,8-10,15H,4-7H2,1H3/t9-,10-. The lowest BCUT2D eigenvalue weighted by Crippen LogP contribution is -2.32. The highest BCUT2D eigenvalue weighted by Gasteiger charge is 2.23. The fraction of sp³-hybridized carbons (Fsp3) is 0.538. The minimum atomic E-state index is -0.606. The zero-order chi connectivity index (χ0) is 13.1. The number of aliphatic hydroxyl groups excluding tert-OH is 1. The first-order valence-corrected chi connectivity index (χ1v) is 6.11. The Balaban J connectivity index is 2.29. The molecule has 1 saturated carbocycles. The first-order valence-electron chi connectivity index (χ1n) is 6.11. The van der Waals surface area contributed by atoms with Crippen molar-refractivity contribution in [1.82, 2.24) is 4.57 Å². The third-order valence-corrected chi connectivity index (χ3v) is 3.44. The Morgan fingerprint density at radius 1 is 1.39 bits per heavy atom. The summed E-state index contributed by atoms with van der Waals surface area (Å²) in [5.41, 5.74) is -0.253. The SMILES string of the molecule is COC(=O)c1cccn([C@H]2CC[C@H](O)CC2)c1=O. The molecule has 1 aromatic rings. The van der Waals surface area contributed by atoms with E-state index in [9.17, 15) is 14.7 Å². The van der Waals surface area contributed by atoms with Crippen molar-refractivity contribution >= 4 is 5.97 Å². The normalized spacial score (nSPS) is 23.7. The van der Waals surface area contributed by atoms with Gasteiger partial charge in [-0.3, -0.25) is 4.79 Å². The summed E-state index contributed by atoms with van der Waals surface area (Å²) in [6, 6.07) is 3.21. The molecule has 0 bridgehead atoms. The quantitative estimate of drug-likeness (QED) is 0.799. The number of methoxy groups -OCH3 is 1. The van der Waals surface area contributed by atoms with Gasteiger partial charge in [0.2, 0.25) is 0 Å². The van der Waals surface area contributed by atoms with E-state index < -0.39 is 5.97 Å². The minimum Gasteiger partial charge on any atom is -0.465 e. The Labute approximate surface area is 105 Å². The average Bonchev–Trinajstić information content (AvgIpc) is 2.39. The van der Waals surface area contributed by atoms with Gasteiger partial charge in [-0.05, 0) is 37.8 Å². The molecule has 0 unspecified atom stereocenters. The van der Waals surface area contributed by atoms with Gasteiger partial charge in [-0.2, -0.15) is 0 Å². The highest BCUT2D eigenvalue weighted by Crippen LogP contribution is 2.27. The van der Waals surface area contributed by atoms with Gasteiger partial charge in [0.25, 0.3) is 5.56 Å². The molecule has 0 atom stereocenters. The number of pyridine rings is 1. The van der Waals surface area contributed by atoms with Gasteiger partial charge in [-0.15, -0.1) is 0 Å². The van der Waals surface area contributed by atoms with E-state index in [1.165, 1.54) is 13.2 Å². The Morgan fingerprint density at radius 2 is 2.06 bits per heavy atom. The van der Waals surface area contributed by atoms with Crippen molar-refractivity contribution in [2.45, 2.75) is 37.8 Å². The first kappa shape index (κ1) is 12.8. The second-order valence-corrected chi connectivity index (χ2v) is 4.59. The third kappa shape index (κ3) is 2.46. The topological polar surface area (TPSA) is 68.5 Å². The van der Waals surface area contributed by atoms with Crippen molar-refractivity contribution in [3.05, 3.63) is 34.2 Å². The number of rotatable bonds is 2. The lowest BCUT2D eigenvalue weighted by molar-refractivity contribution is 0.0596. The number of esters is 1. The highest BCUT2D eigenvalue weighted by molar-refractivity contribution is 5.88. The number of hydrogen-bond acceptors (Lipinski definition) is 4. The number of hydrogen-bond donors (Lipinski definition) is 1. The van der Waals surface area contributed by atoms with Gasteiger partial charge in [0.15, 0.2) is 0 Å². The van der Waals surface area contributed by atoms with Gasteiger partial charge < -0.3 is 14.4 Å². The van der Waals surface area contributed by atoms with Gasteiger partial charge in [-0.1, -0.05) is 0 Å². The van der Waals surface area contributed by atoms with Crippen LogP contribution in [0.25, 0.3) is 0 Å². The van der Waals surface area contributed by atoms with E-state index in [1.54, 1.807) is 16.8 Å². The molecule has 98 valence electrons. The molecule has 1 heterocycles. The monoisotopic (exact) mass is 251 g/mol. The number of nitrogens with zero attached hydrogens (tertiary/aromatic N) is 1. The number of carbonyl (C=O) groups excluding carboxylic acids is 1. The second-order valence-electron chi connectivity index (χ2n) is 4.59. The van der Waals surface area contributed by atoms with Crippen molar-refractivity contribution in [2.24, 2.45) is 0 Å². The summed E-state index contributed by atoms with van der Waals surface area (Å²) in [7, 11) is 1.26. The molecule has 1 aliphatic rings. The summed E-state index contributed by atoms with van der Waals surface area (Å²) >= 11 is 0. The van der Waals surface area contributed by atoms with Crippen molar-refractivity contribution in [2.75, 3.05) is 7.11 Å². The second kappa shape index (κ2) is 5.35. The maximum absolute atomic E-state index is 12.1. The van der Waals surface area contributed by atoms with Gasteiger partial charge in [0.05, 0.1) is 13.2 Å². The summed E-state index contributed by atoms with van der Waals surface area (Å²) in [4.78, 5) is 23.6. The molecule has 5 nitrogen and oxygen atoms in total. The molecule has 1 aromatic heterocycles. The third-order valence-electron chi connectivity index (χ3n) is 3.44. The van der Waals surface area contributed by atoms with Gasteiger partial charge in [0, 0.05) is 12.2 Å². The number of carbonyl (C=O) groups is 1. The predicted molar refractivity (Wildman–Crippen MR) is 65.6 cm³/mol. The van der Waals surface area contributed by atoms with Crippen LogP contribution in [0.2, 0.25) is 0 Å². The average molecular weight is 251 g/mol. The summed E-state index contributed by atoms with van der Waals surface area (Å²) in [6.45, 7) is 0. The van der Waals surface area contributed by atoms with Crippen molar-refractivity contribution in [1.29, 1.82) is 0 Å². The summed E-state index contributed by atoms with van der Waals surface area (Å²) < 4.78 is 6.17. The molecule has 0 spiro atoms. The molecular weight excluding hydrogens is 234 g/mol. The predicted octanol–water partition coefficient (Wildman–Crippen LogP) is 1.11. The van der Waals surface area contributed by atoms with Crippen LogP contribution in [0.3, 0.4) is 0 Å². The number of ether oxygens (including phenoxy) is 1. The van der Waals surface area contributed by atoms with Crippen molar-refractivity contribution in [3.8, 4) is 0 Å². The van der Waals surface area contributed by atoms with Gasteiger partial charge in [0.1, 0.15) is 5.56 Å².